The molecule has 1 aliphatic rings. The van der Waals surface area contributed by atoms with Gasteiger partial charge >= 0.3 is 0 Å². The van der Waals surface area contributed by atoms with E-state index in [4.69, 9.17) is 0 Å². The maximum absolute atomic E-state index is 10.9. The Balaban J connectivity index is 1.39. The molecular formula is C20H21N3O. The van der Waals surface area contributed by atoms with Crippen molar-refractivity contribution in [3.05, 3.63) is 65.5 Å². The van der Waals surface area contributed by atoms with Crippen LogP contribution < -0.4 is 0 Å². The summed E-state index contributed by atoms with van der Waals surface area (Å²) in [5.41, 5.74) is 4.29. The van der Waals surface area contributed by atoms with E-state index in [1.165, 1.54) is 16.5 Å². The molecule has 0 amide bonds. The summed E-state index contributed by atoms with van der Waals surface area (Å²) in [7, 11) is 0. The molecule has 1 saturated heterocycles. The van der Waals surface area contributed by atoms with E-state index in [0.29, 0.717) is 5.92 Å². The maximum atomic E-state index is 10.9. The van der Waals surface area contributed by atoms with Crippen molar-refractivity contribution in [1.82, 2.24) is 14.9 Å². The number of aromatic nitrogens is 2. The van der Waals surface area contributed by atoms with Gasteiger partial charge in [0, 0.05) is 29.9 Å². The second-order valence-corrected chi connectivity index (χ2v) is 6.60. The minimum atomic E-state index is 0.592. The molecule has 0 unspecified atom stereocenters. The first-order valence-electron chi connectivity index (χ1n) is 8.51. The molecule has 4 nitrogen and oxygen atoms in total. The van der Waals surface area contributed by atoms with Crippen molar-refractivity contribution in [2.24, 2.45) is 0 Å². The summed E-state index contributed by atoms with van der Waals surface area (Å²) in [4.78, 5) is 21.0. The summed E-state index contributed by atoms with van der Waals surface area (Å²) in [6.07, 6.45) is 7.19. The van der Waals surface area contributed by atoms with Crippen LogP contribution in [0, 0.1) is 0 Å². The van der Waals surface area contributed by atoms with Crippen molar-refractivity contribution in [2.75, 3.05) is 13.1 Å². The SMILES string of the molecule is O=Cc1cccc(CN2CCC(c3cnc4[nH]ccc4c3)CC2)c1. The van der Waals surface area contributed by atoms with E-state index in [-0.39, 0.29) is 0 Å². The normalized spacial score (nSPS) is 16.5. The highest BCUT2D eigenvalue weighted by molar-refractivity contribution is 5.76. The number of piperidine rings is 1. The van der Waals surface area contributed by atoms with Crippen LogP contribution >= 0.6 is 0 Å². The topological polar surface area (TPSA) is 49.0 Å². The number of hydrogen-bond donors (Lipinski definition) is 1. The van der Waals surface area contributed by atoms with Gasteiger partial charge in [-0.25, -0.2) is 4.98 Å². The van der Waals surface area contributed by atoms with Crippen molar-refractivity contribution < 1.29 is 4.79 Å². The lowest BCUT2D eigenvalue weighted by molar-refractivity contribution is 0.112. The van der Waals surface area contributed by atoms with Crippen LogP contribution in [0.3, 0.4) is 0 Å². The molecule has 0 spiro atoms. The first-order valence-corrected chi connectivity index (χ1v) is 8.51. The van der Waals surface area contributed by atoms with Gasteiger partial charge in [-0.2, -0.15) is 0 Å². The van der Waals surface area contributed by atoms with Crippen LogP contribution in [0.15, 0.2) is 48.8 Å². The predicted molar refractivity (Wildman–Crippen MR) is 95.2 cm³/mol. The van der Waals surface area contributed by atoms with Crippen molar-refractivity contribution >= 4 is 17.3 Å². The largest absolute Gasteiger partial charge is 0.346 e. The lowest BCUT2D eigenvalue weighted by Crippen LogP contribution is -2.32. The lowest BCUT2D eigenvalue weighted by Gasteiger charge is -2.32. The molecule has 3 aromatic rings. The number of fused-ring (bicyclic) bond motifs is 1. The molecule has 122 valence electrons. The lowest BCUT2D eigenvalue weighted by atomic mass is 9.90. The Morgan fingerprint density at radius 2 is 2.08 bits per heavy atom. The monoisotopic (exact) mass is 319 g/mol. The van der Waals surface area contributed by atoms with E-state index in [2.05, 4.69) is 33.1 Å². The first kappa shape index (κ1) is 15.1. The molecule has 1 aliphatic heterocycles. The van der Waals surface area contributed by atoms with Crippen LogP contribution in [0.25, 0.3) is 11.0 Å². The second-order valence-electron chi connectivity index (χ2n) is 6.60. The zero-order valence-electron chi connectivity index (χ0n) is 13.6. The van der Waals surface area contributed by atoms with E-state index < -0.39 is 0 Å². The summed E-state index contributed by atoms with van der Waals surface area (Å²) < 4.78 is 0. The highest BCUT2D eigenvalue weighted by Crippen LogP contribution is 2.29. The number of benzene rings is 1. The van der Waals surface area contributed by atoms with Crippen LogP contribution in [0.2, 0.25) is 0 Å². The number of rotatable bonds is 4. The van der Waals surface area contributed by atoms with E-state index in [1.54, 1.807) is 0 Å². The fraction of sp³-hybridized carbons (Fsp3) is 0.300. The van der Waals surface area contributed by atoms with E-state index in [9.17, 15) is 4.79 Å². The number of pyridine rings is 1. The van der Waals surface area contributed by atoms with Gasteiger partial charge < -0.3 is 4.98 Å². The van der Waals surface area contributed by atoms with Gasteiger partial charge in [0.25, 0.3) is 0 Å². The van der Waals surface area contributed by atoms with Gasteiger partial charge in [-0.3, -0.25) is 9.69 Å². The Bertz CT molecular complexity index is 847. The Morgan fingerprint density at radius 3 is 2.92 bits per heavy atom. The molecule has 4 rings (SSSR count). The highest BCUT2D eigenvalue weighted by Gasteiger charge is 2.21. The number of H-pyrrole nitrogens is 1. The fourth-order valence-corrected chi connectivity index (χ4v) is 3.63. The maximum Gasteiger partial charge on any atom is 0.150 e. The predicted octanol–water partition coefficient (Wildman–Crippen LogP) is 3.76. The van der Waals surface area contributed by atoms with Crippen LogP contribution in [0.1, 0.15) is 40.2 Å². The van der Waals surface area contributed by atoms with E-state index >= 15 is 0 Å². The van der Waals surface area contributed by atoms with E-state index in [1.807, 2.05) is 30.6 Å². The fourth-order valence-electron chi connectivity index (χ4n) is 3.63. The van der Waals surface area contributed by atoms with Gasteiger partial charge in [-0.05, 0) is 61.2 Å². The number of aldehydes is 1. The molecule has 0 radical (unpaired) electrons. The van der Waals surface area contributed by atoms with Crippen LogP contribution in [-0.4, -0.2) is 34.2 Å². The highest BCUT2D eigenvalue weighted by atomic mass is 16.1. The third kappa shape index (κ3) is 3.10. The Morgan fingerprint density at radius 1 is 1.21 bits per heavy atom. The Kier molecular flexibility index (Phi) is 4.13. The number of carbonyl (C=O) groups is 1. The number of nitrogens with zero attached hydrogens (tertiary/aromatic N) is 2. The molecule has 0 saturated carbocycles. The van der Waals surface area contributed by atoms with Crippen molar-refractivity contribution in [1.29, 1.82) is 0 Å². The average molecular weight is 319 g/mol. The molecule has 0 aliphatic carbocycles. The van der Waals surface area contributed by atoms with Gasteiger partial charge in [-0.1, -0.05) is 18.2 Å². The van der Waals surface area contributed by atoms with Crippen LogP contribution in [-0.2, 0) is 6.54 Å². The molecule has 1 fully saturated rings. The molecule has 24 heavy (non-hydrogen) atoms. The minimum Gasteiger partial charge on any atom is -0.346 e. The summed E-state index contributed by atoms with van der Waals surface area (Å²) in [5.74, 6) is 0.592. The van der Waals surface area contributed by atoms with Crippen LogP contribution in [0.5, 0.6) is 0 Å². The van der Waals surface area contributed by atoms with Crippen molar-refractivity contribution in [3.8, 4) is 0 Å². The molecule has 4 heteroatoms. The second kappa shape index (κ2) is 6.57. The summed E-state index contributed by atoms with van der Waals surface area (Å²) in [6.45, 7) is 3.09. The zero-order valence-corrected chi connectivity index (χ0v) is 13.6. The van der Waals surface area contributed by atoms with Crippen LogP contribution in [0.4, 0.5) is 0 Å². The number of hydrogen-bond acceptors (Lipinski definition) is 3. The third-order valence-electron chi connectivity index (χ3n) is 4.97. The molecule has 0 atom stereocenters. The molecular weight excluding hydrogens is 298 g/mol. The van der Waals surface area contributed by atoms with Gasteiger partial charge in [0.1, 0.15) is 11.9 Å². The first-order chi connectivity index (χ1) is 11.8. The molecule has 1 N–H and O–H groups in total. The van der Waals surface area contributed by atoms with Gasteiger partial charge in [0.2, 0.25) is 0 Å². The summed E-state index contributed by atoms with van der Waals surface area (Å²) in [5, 5.41) is 1.20. The molecule has 3 heterocycles. The quantitative estimate of drug-likeness (QED) is 0.745. The Hall–Kier alpha value is -2.46. The number of nitrogens with one attached hydrogen (secondary N) is 1. The Labute approximate surface area is 141 Å². The van der Waals surface area contributed by atoms with E-state index in [0.717, 1.165) is 50.0 Å². The standard InChI is InChI=1S/C20H21N3O/c24-14-16-3-1-2-15(10-16)13-23-8-5-17(6-9-23)19-11-18-4-7-21-20(18)22-12-19/h1-4,7,10-12,14,17H,5-6,8-9,13H2,(H,21,22). The van der Waals surface area contributed by atoms with Crippen molar-refractivity contribution in [3.63, 3.8) is 0 Å². The molecule has 2 aromatic heterocycles. The van der Waals surface area contributed by atoms with Gasteiger partial charge in [-0.15, -0.1) is 0 Å². The zero-order chi connectivity index (χ0) is 16.4. The number of carbonyl (C=O) groups excluding carboxylic acids is 1. The van der Waals surface area contributed by atoms with Gasteiger partial charge in [0.05, 0.1) is 0 Å². The number of likely N-dealkylation sites (tertiary alicyclic amines) is 1. The minimum absolute atomic E-state index is 0.592. The smallest absolute Gasteiger partial charge is 0.150 e. The summed E-state index contributed by atoms with van der Waals surface area (Å²) >= 11 is 0. The average Bonchev–Trinajstić information content (AvgIpc) is 3.10. The molecule has 1 aromatic carbocycles. The summed E-state index contributed by atoms with van der Waals surface area (Å²) in [6, 6.07) is 12.3. The third-order valence-corrected chi connectivity index (χ3v) is 4.97. The van der Waals surface area contributed by atoms with Gasteiger partial charge in [0.15, 0.2) is 0 Å². The van der Waals surface area contributed by atoms with Crippen molar-refractivity contribution in [2.45, 2.75) is 25.3 Å². The number of aromatic amines is 1. The molecule has 0 bridgehead atoms.